The fourth-order valence-corrected chi connectivity index (χ4v) is 6.67. The fourth-order valence-electron chi connectivity index (χ4n) is 5.58. The minimum absolute atomic E-state index is 0.171. The van der Waals surface area contributed by atoms with E-state index in [1.807, 2.05) is 31.2 Å². The Kier molecular flexibility index (Phi) is 10.5. The number of hydrogen-bond acceptors (Lipinski definition) is 4. The first-order valence-electron chi connectivity index (χ1n) is 14.5. The van der Waals surface area contributed by atoms with Crippen LogP contribution in [0.2, 0.25) is 5.02 Å². The van der Waals surface area contributed by atoms with Gasteiger partial charge < -0.3 is 9.64 Å². The Morgan fingerprint density at radius 2 is 1.90 bits per heavy atom. The summed E-state index contributed by atoms with van der Waals surface area (Å²) in [5.41, 5.74) is 3.52. The SMILES string of the molecule is CCCc1cc(Cl)ccc1C1COc2ccc3cc2N(CCC(CC)C/C=C/CC(C)C(C)C(=O)NS3=O)C1. The van der Waals surface area contributed by atoms with Gasteiger partial charge in [-0.25, -0.2) is 4.21 Å². The number of carbonyl (C=O) groups excluding carboxylic acids is 1. The zero-order chi connectivity index (χ0) is 27.9. The molecule has 0 saturated carbocycles. The second-order valence-electron chi connectivity index (χ2n) is 11.2. The predicted octanol–water partition coefficient (Wildman–Crippen LogP) is 7.45. The first-order valence-corrected chi connectivity index (χ1v) is 16.0. The summed E-state index contributed by atoms with van der Waals surface area (Å²) in [4.78, 5) is 15.9. The van der Waals surface area contributed by atoms with Crippen molar-refractivity contribution >= 4 is 34.2 Å². The van der Waals surface area contributed by atoms with Crippen molar-refractivity contribution < 1.29 is 13.7 Å². The van der Waals surface area contributed by atoms with Crippen LogP contribution in [0.3, 0.4) is 0 Å². The number of carbonyl (C=O) groups is 1. The largest absolute Gasteiger partial charge is 0.491 e. The third-order valence-electron chi connectivity index (χ3n) is 8.42. The van der Waals surface area contributed by atoms with Crippen molar-refractivity contribution in [2.75, 3.05) is 24.6 Å². The average Bonchev–Trinajstić information content (AvgIpc) is 3.11. The van der Waals surface area contributed by atoms with Crippen LogP contribution in [-0.4, -0.2) is 29.8 Å². The Balaban J connectivity index is 1.70. The maximum Gasteiger partial charge on any atom is 0.235 e. The van der Waals surface area contributed by atoms with Gasteiger partial charge in [0.15, 0.2) is 11.0 Å². The van der Waals surface area contributed by atoms with Crippen LogP contribution in [0.15, 0.2) is 53.4 Å². The Labute approximate surface area is 241 Å². The smallest absolute Gasteiger partial charge is 0.235 e. The summed E-state index contributed by atoms with van der Waals surface area (Å²) in [5.74, 6) is 1.31. The van der Waals surface area contributed by atoms with Crippen LogP contribution in [0.5, 0.6) is 5.75 Å². The molecule has 2 aromatic rings. The quantitative estimate of drug-likeness (QED) is 0.388. The molecule has 0 spiro atoms. The molecule has 0 aliphatic carbocycles. The van der Waals surface area contributed by atoms with Gasteiger partial charge in [-0.15, -0.1) is 0 Å². The number of halogens is 1. The molecule has 0 aromatic heterocycles. The van der Waals surface area contributed by atoms with E-state index in [0.29, 0.717) is 17.4 Å². The normalized spacial score (nSPS) is 27.3. The Bertz CT molecular complexity index is 1200. The highest BCUT2D eigenvalue weighted by atomic mass is 35.5. The summed E-state index contributed by atoms with van der Waals surface area (Å²) in [6, 6.07) is 11.9. The lowest BCUT2D eigenvalue weighted by molar-refractivity contribution is -0.123. The van der Waals surface area contributed by atoms with Crippen LogP contribution < -0.4 is 14.4 Å². The molecule has 0 fully saturated rings. The van der Waals surface area contributed by atoms with Gasteiger partial charge in [-0.3, -0.25) is 9.52 Å². The third kappa shape index (κ3) is 7.46. The fraction of sp³-hybridized carbons (Fsp3) is 0.531. The number of fused-ring (bicyclic) bond motifs is 1. The zero-order valence-corrected chi connectivity index (χ0v) is 25.3. The van der Waals surface area contributed by atoms with Crippen molar-refractivity contribution in [1.29, 1.82) is 0 Å². The molecule has 0 saturated heterocycles. The molecule has 1 amide bonds. The van der Waals surface area contributed by atoms with Gasteiger partial charge in [0.2, 0.25) is 5.91 Å². The van der Waals surface area contributed by atoms with Crippen LogP contribution in [0.1, 0.15) is 76.8 Å². The first kappa shape index (κ1) is 29.7. The van der Waals surface area contributed by atoms with E-state index in [-0.39, 0.29) is 23.7 Å². The van der Waals surface area contributed by atoms with Crippen LogP contribution >= 0.6 is 11.6 Å². The number of aryl methyl sites for hydroxylation is 1. The highest BCUT2D eigenvalue weighted by molar-refractivity contribution is 7.83. The minimum atomic E-state index is -1.64. The molecule has 5 atom stereocenters. The Morgan fingerprint density at radius 1 is 1.10 bits per heavy atom. The van der Waals surface area contributed by atoms with Crippen molar-refractivity contribution in [3.63, 3.8) is 0 Å². The summed E-state index contributed by atoms with van der Waals surface area (Å²) in [5, 5.41) is 0.766. The topological polar surface area (TPSA) is 58.6 Å². The van der Waals surface area contributed by atoms with E-state index in [1.54, 1.807) is 0 Å². The molecule has 39 heavy (non-hydrogen) atoms. The van der Waals surface area contributed by atoms with Crippen LogP contribution in [0.4, 0.5) is 5.69 Å². The summed E-state index contributed by atoms with van der Waals surface area (Å²) in [7, 11) is -1.64. The molecule has 1 N–H and O–H groups in total. The van der Waals surface area contributed by atoms with E-state index >= 15 is 0 Å². The van der Waals surface area contributed by atoms with Crippen molar-refractivity contribution in [3.05, 3.63) is 64.7 Å². The van der Waals surface area contributed by atoms with E-state index in [2.05, 4.69) is 54.7 Å². The number of ether oxygens (including phenoxy) is 1. The lowest BCUT2D eigenvalue weighted by Crippen LogP contribution is -2.34. The molecule has 5 unspecified atom stereocenters. The second kappa shape index (κ2) is 13.8. The molecule has 4 rings (SSSR count). The number of amides is 1. The van der Waals surface area contributed by atoms with Crippen LogP contribution in [-0.2, 0) is 22.2 Å². The molecule has 7 heteroatoms. The molecule has 2 aromatic carbocycles. The Morgan fingerprint density at radius 3 is 2.67 bits per heavy atom. The summed E-state index contributed by atoms with van der Waals surface area (Å²) in [6.45, 7) is 10.7. The maximum absolute atomic E-state index is 13.3. The van der Waals surface area contributed by atoms with Crippen LogP contribution in [0, 0.1) is 17.8 Å². The average molecular weight is 571 g/mol. The number of hydrogen-bond donors (Lipinski definition) is 1. The third-order valence-corrected chi connectivity index (χ3v) is 9.72. The van der Waals surface area contributed by atoms with Gasteiger partial charge in [-0.1, -0.05) is 70.4 Å². The van der Waals surface area contributed by atoms with E-state index in [0.717, 1.165) is 68.1 Å². The summed E-state index contributed by atoms with van der Waals surface area (Å²) in [6.07, 6.45) is 10.6. The van der Waals surface area contributed by atoms with Gasteiger partial charge in [0.05, 0.1) is 17.2 Å². The lowest BCUT2D eigenvalue weighted by atomic mass is 9.91. The molecule has 0 radical (unpaired) electrons. The van der Waals surface area contributed by atoms with Gasteiger partial charge >= 0.3 is 0 Å². The van der Waals surface area contributed by atoms with E-state index in [1.165, 1.54) is 11.1 Å². The summed E-state index contributed by atoms with van der Waals surface area (Å²) >= 11 is 6.38. The van der Waals surface area contributed by atoms with Crippen molar-refractivity contribution in [3.8, 4) is 5.75 Å². The first-order chi connectivity index (χ1) is 18.8. The van der Waals surface area contributed by atoms with Gasteiger partial charge in [0.25, 0.3) is 0 Å². The maximum atomic E-state index is 13.3. The van der Waals surface area contributed by atoms with Gasteiger partial charge in [0.1, 0.15) is 5.75 Å². The monoisotopic (exact) mass is 570 g/mol. The minimum Gasteiger partial charge on any atom is -0.491 e. The van der Waals surface area contributed by atoms with Crippen molar-refractivity contribution in [1.82, 2.24) is 4.72 Å². The molecule has 5 nitrogen and oxygen atoms in total. The van der Waals surface area contributed by atoms with Gasteiger partial charge in [0, 0.05) is 29.9 Å². The number of anilines is 1. The van der Waals surface area contributed by atoms with Crippen LogP contribution in [0.25, 0.3) is 0 Å². The van der Waals surface area contributed by atoms with E-state index in [4.69, 9.17) is 16.3 Å². The number of rotatable bonds is 4. The van der Waals surface area contributed by atoms with Crippen molar-refractivity contribution in [2.24, 2.45) is 17.8 Å². The summed E-state index contributed by atoms with van der Waals surface area (Å²) < 4.78 is 22.4. The molecular formula is C32H43ClN2O3S. The van der Waals surface area contributed by atoms with Gasteiger partial charge in [-0.05, 0) is 79.0 Å². The molecule has 2 bridgehead atoms. The molecule has 2 aliphatic heterocycles. The number of benzene rings is 2. The standard InChI is InChI=1S/C32H43ClN2O3S/c1-5-9-25-18-27(33)12-14-29(25)26-20-35-17-16-24(6-2)11-8-7-10-22(3)23(4)32(36)34-39(37)28-13-15-31(38-21-26)30(35)19-28/h7-8,12-15,18-19,22-24,26H,5-6,9-11,16-17,20-21H2,1-4H3,(H,34,36)/b8-7+. The van der Waals surface area contributed by atoms with Crippen molar-refractivity contribution in [2.45, 2.75) is 77.0 Å². The van der Waals surface area contributed by atoms with E-state index in [9.17, 15) is 9.00 Å². The molecule has 2 heterocycles. The Hall–Kier alpha value is -2.31. The number of allylic oxidation sites excluding steroid dienone is 2. The number of nitrogens with one attached hydrogen (secondary N) is 1. The zero-order valence-electron chi connectivity index (χ0n) is 23.8. The molecular weight excluding hydrogens is 528 g/mol. The number of nitrogens with zero attached hydrogens (tertiary/aromatic N) is 1. The molecule has 212 valence electrons. The lowest BCUT2D eigenvalue weighted by Gasteiger charge is -2.29. The highest BCUT2D eigenvalue weighted by Gasteiger charge is 2.28. The van der Waals surface area contributed by atoms with Gasteiger partial charge in [-0.2, -0.15) is 0 Å². The predicted molar refractivity (Wildman–Crippen MR) is 162 cm³/mol. The highest BCUT2D eigenvalue weighted by Crippen LogP contribution is 2.38. The molecule has 2 aliphatic rings. The second-order valence-corrected chi connectivity index (χ2v) is 12.8. The van der Waals surface area contributed by atoms with E-state index < -0.39 is 11.0 Å².